The first kappa shape index (κ1) is 24.7. The van der Waals surface area contributed by atoms with Crippen LogP contribution in [0.4, 0.5) is 0 Å². The lowest BCUT2D eigenvalue weighted by molar-refractivity contribution is -0.126. The molecule has 2 amide bonds. The van der Waals surface area contributed by atoms with Gasteiger partial charge in [0.2, 0.25) is 11.8 Å². The summed E-state index contributed by atoms with van der Waals surface area (Å²) in [4.78, 5) is 22.3. The van der Waals surface area contributed by atoms with Crippen LogP contribution in [0, 0.1) is 0 Å². The third kappa shape index (κ3) is 19.0. The summed E-state index contributed by atoms with van der Waals surface area (Å²) in [5.74, 6) is -0.369. The number of methoxy groups -OCH3 is 1. The number of amides is 2. The van der Waals surface area contributed by atoms with Gasteiger partial charge >= 0.3 is 0 Å². The number of likely N-dealkylation sites (N-methyl/N-ethyl adjacent to an activating group) is 1. The Morgan fingerprint density at radius 1 is 0.654 bits per heavy atom. The lowest BCUT2D eigenvalue weighted by atomic mass is 10.6. The SMILES string of the molecule is CNC(=O)COCCOCCOCCNC(=O)COCCOCCOC. The van der Waals surface area contributed by atoms with Crippen molar-refractivity contribution in [3.05, 3.63) is 0 Å². The average Bonchev–Trinajstić information content (AvgIpc) is 2.65. The number of ether oxygens (including phenoxy) is 6. The number of nitrogens with one attached hydrogen (secondary N) is 2. The van der Waals surface area contributed by atoms with Gasteiger partial charge in [0.15, 0.2) is 0 Å². The van der Waals surface area contributed by atoms with Gasteiger partial charge in [0.25, 0.3) is 0 Å². The molecule has 0 unspecified atom stereocenters. The molecule has 154 valence electrons. The van der Waals surface area contributed by atoms with Gasteiger partial charge in [0.05, 0.1) is 59.5 Å². The van der Waals surface area contributed by atoms with Crippen LogP contribution >= 0.6 is 0 Å². The Bertz CT molecular complexity index is 344. The van der Waals surface area contributed by atoms with Crippen molar-refractivity contribution in [2.75, 3.05) is 93.4 Å². The van der Waals surface area contributed by atoms with Crippen molar-refractivity contribution in [2.45, 2.75) is 0 Å². The summed E-state index contributed by atoms with van der Waals surface area (Å²) in [7, 11) is 3.16. The van der Waals surface area contributed by atoms with Gasteiger partial charge in [-0.1, -0.05) is 0 Å². The van der Waals surface area contributed by atoms with Crippen molar-refractivity contribution in [3.8, 4) is 0 Å². The van der Waals surface area contributed by atoms with Crippen molar-refractivity contribution in [3.63, 3.8) is 0 Å². The van der Waals surface area contributed by atoms with Crippen molar-refractivity contribution in [1.29, 1.82) is 0 Å². The van der Waals surface area contributed by atoms with E-state index in [-0.39, 0.29) is 25.0 Å². The molecule has 0 aliphatic heterocycles. The predicted octanol–water partition coefficient (Wildman–Crippen LogP) is -1.42. The van der Waals surface area contributed by atoms with E-state index in [0.717, 1.165) is 0 Å². The highest BCUT2D eigenvalue weighted by Gasteiger charge is 2.01. The minimum atomic E-state index is -0.199. The van der Waals surface area contributed by atoms with Crippen LogP contribution in [0.15, 0.2) is 0 Å². The average molecular weight is 380 g/mol. The van der Waals surface area contributed by atoms with Crippen LogP contribution in [-0.4, -0.2) is 105 Å². The Balaban J connectivity index is 3.17. The normalized spacial score (nSPS) is 10.7. The number of rotatable bonds is 19. The van der Waals surface area contributed by atoms with Crippen molar-refractivity contribution in [2.24, 2.45) is 0 Å². The number of carbonyl (C=O) groups excluding carboxylic acids is 2. The van der Waals surface area contributed by atoms with E-state index in [1.165, 1.54) is 0 Å². The van der Waals surface area contributed by atoms with Crippen LogP contribution in [0.25, 0.3) is 0 Å². The topological polar surface area (TPSA) is 114 Å². The third-order valence-corrected chi connectivity index (χ3v) is 2.86. The molecule has 0 saturated heterocycles. The zero-order valence-corrected chi connectivity index (χ0v) is 15.8. The predicted molar refractivity (Wildman–Crippen MR) is 93.0 cm³/mol. The molecule has 0 aromatic rings. The summed E-state index contributed by atoms with van der Waals surface area (Å²) in [5, 5.41) is 5.14. The molecule has 0 aromatic carbocycles. The first-order chi connectivity index (χ1) is 12.7. The van der Waals surface area contributed by atoms with E-state index in [9.17, 15) is 9.59 Å². The standard InChI is InChI=1S/C16H32N2O8/c1-17-15(19)13-25-11-10-24-8-7-22-4-3-18-16(20)14-26-12-9-23-6-5-21-2/h3-14H2,1-2H3,(H,17,19)(H,18,20). The van der Waals surface area contributed by atoms with Crippen molar-refractivity contribution < 1.29 is 38.0 Å². The van der Waals surface area contributed by atoms with Crippen molar-refractivity contribution >= 4 is 11.8 Å². The lowest BCUT2D eigenvalue weighted by Crippen LogP contribution is -2.31. The molecule has 0 spiro atoms. The summed E-state index contributed by atoms with van der Waals surface area (Å²) in [6, 6.07) is 0. The molecule has 2 N–H and O–H groups in total. The fourth-order valence-corrected chi connectivity index (χ4v) is 1.52. The molecule has 0 fully saturated rings. The molecule has 0 saturated carbocycles. The van der Waals surface area contributed by atoms with E-state index < -0.39 is 0 Å². The molecule has 0 radical (unpaired) electrons. The Labute approximate surface area is 154 Å². The second-order valence-electron chi connectivity index (χ2n) is 4.96. The van der Waals surface area contributed by atoms with E-state index in [2.05, 4.69) is 10.6 Å². The van der Waals surface area contributed by atoms with Crippen LogP contribution in [0.3, 0.4) is 0 Å². The van der Waals surface area contributed by atoms with Gasteiger partial charge in [-0.15, -0.1) is 0 Å². The minimum absolute atomic E-state index is 0.00714. The monoisotopic (exact) mass is 380 g/mol. The summed E-state index contributed by atoms with van der Waals surface area (Å²) in [6.45, 7) is 4.23. The van der Waals surface area contributed by atoms with Gasteiger partial charge in [-0.25, -0.2) is 0 Å². The largest absolute Gasteiger partial charge is 0.382 e. The highest BCUT2D eigenvalue weighted by Crippen LogP contribution is 1.83. The van der Waals surface area contributed by atoms with Crippen LogP contribution in [0.1, 0.15) is 0 Å². The second-order valence-corrected chi connectivity index (χ2v) is 4.96. The zero-order chi connectivity index (χ0) is 19.3. The molecule has 0 aliphatic rings. The molecule has 0 aromatic heterocycles. The van der Waals surface area contributed by atoms with E-state index in [1.807, 2.05) is 0 Å². The molecule has 0 bridgehead atoms. The van der Waals surface area contributed by atoms with Crippen LogP contribution < -0.4 is 10.6 Å². The summed E-state index contributed by atoms with van der Waals surface area (Å²) in [5.41, 5.74) is 0. The van der Waals surface area contributed by atoms with E-state index >= 15 is 0 Å². The zero-order valence-electron chi connectivity index (χ0n) is 15.8. The molecule has 26 heavy (non-hydrogen) atoms. The fraction of sp³-hybridized carbons (Fsp3) is 0.875. The van der Waals surface area contributed by atoms with E-state index in [4.69, 9.17) is 28.4 Å². The highest BCUT2D eigenvalue weighted by atomic mass is 16.5. The van der Waals surface area contributed by atoms with Gasteiger partial charge in [-0.2, -0.15) is 0 Å². The van der Waals surface area contributed by atoms with Gasteiger partial charge in [0.1, 0.15) is 13.2 Å². The fourth-order valence-electron chi connectivity index (χ4n) is 1.52. The number of hydrogen-bond donors (Lipinski definition) is 2. The van der Waals surface area contributed by atoms with Crippen molar-refractivity contribution in [1.82, 2.24) is 10.6 Å². The molecular weight excluding hydrogens is 348 g/mol. The molecule has 0 aliphatic carbocycles. The van der Waals surface area contributed by atoms with Gasteiger partial charge in [0, 0.05) is 20.7 Å². The second kappa shape index (κ2) is 20.0. The number of carbonyl (C=O) groups is 2. The van der Waals surface area contributed by atoms with E-state index in [1.54, 1.807) is 14.2 Å². The third-order valence-electron chi connectivity index (χ3n) is 2.86. The number of hydrogen-bond acceptors (Lipinski definition) is 8. The maximum Gasteiger partial charge on any atom is 0.246 e. The summed E-state index contributed by atoms with van der Waals surface area (Å²) < 4.78 is 30.8. The van der Waals surface area contributed by atoms with Crippen LogP contribution in [0.2, 0.25) is 0 Å². The Kier molecular flexibility index (Phi) is 19.0. The van der Waals surface area contributed by atoms with Gasteiger partial charge in [-0.05, 0) is 0 Å². The lowest BCUT2D eigenvalue weighted by Gasteiger charge is -2.08. The minimum Gasteiger partial charge on any atom is -0.382 e. The molecular formula is C16H32N2O8. The van der Waals surface area contributed by atoms with Gasteiger partial charge < -0.3 is 39.1 Å². The summed E-state index contributed by atoms with van der Waals surface area (Å²) in [6.07, 6.45) is 0. The van der Waals surface area contributed by atoms with Gasteiger partial charge in [-0.3, -0.25) is 9.59 Å². The molecule has 0 rings (SSSR count). The molecule has 0 heterocycles. The first-order valence-electron chi connectivity index (χ1n) is 8.55. The first-order valence-corrected chi connectivity index (χ1v) is 8.55. The smallest absolute Gasteiger partial charge is 0.246 e. The maximum atomic E-state index is 11.5. The summed E-state index contributed by atoms with van der Waals surface area (Å²) >= 11 is 0. The molecule has 10 heteroatoms. The highest BCUT2D eigenvalue weighted by molar-refractivity contribution is 5.77. The maximum absolute atomic E-state index is 11.5. The Morgan fingerprint density at radius 3 is 1.65 bits per heavy atom. The van der Waals surface area contributed by atoms with E-state index in [0.29, 0.717) is 66.0 Å². The quantitative estimate of drug-likeness (QED) is 0.263. The molecule has 10 nitrogen and oxygen atoms in total. The Morgan fingerprint density at radius 2 is 1.12 bits per heavy atom. The van der Waals surface area contributed by atoms with Crippen LogP contribution in [0.5, 0.6) is 0 Å². The molecule has 0 atom stereocenters. The Hall–Kier alpha value is -1.30. The van der Waals surface area contributed by atoms with Crippen LogP contribution in [-0.2, 0) is 38.0 Å².